The molecule has 2 saturated carbocycles. The van der Waals surface area contributed by atoms with Gasteiger partial charge in [-0.05, 0) is 56.0 Å². The van der Waals surface area contributed by atoms with Crippen LogP contribution in [0.5, 0.6) is 0 Å². The molecule has 3 fully saturated rings. The van der Waals surface area contributed by atoms with Crippen LogP contribution < -0.4 is 5.32 Å². The van der Waals surface area contributed by atoms with Crippen molar-refractivity contribution >= 4 is 0 Å². The van der Waals surface area contributed by atoms with Gasteiger partial charge in [-0.25, -0.2) is 0 Å². The molecule has 0 aromatic carbocycles. The van der Waals surface area contributed by atoms with Gasteiger partial charge in [-0.2, -0.15) is 0 Å². The molecule has 0 amide bonds. The number of nitrogens with zero attached hydrogens (tertiary/aromatic N) is 1. The number of rotatable bonds is 2. The van der Waals surface area contributed by atoms with Crippen molar-refractivity contribution in [3.8, 4) is 0 Å². The van der Waals surface area contributed by atoms with E-state index in [1.54, 1.807) is 0 Å². The van der Waals surface area contributed by atoms with E-state index in [9.17, 15) is 0 Å². The summed E-state index contributed by atoms with van der Waals surface area (Å²) in [5, 5.41) is 4.03. The lowest BCUT2D eigenvalue weighted by Crippen LogP contribution is -2.54. The molecule has 0 aromatic rings. The van der Waals surface area contributed by atoms with Crippen LogP contribution in [0.15, 0.2) is 0 Å². The van der Waals surface area contributed by atoms with E-state index < -0.39 is 0 Å². The quantitative estimate of drug-likeness (QED) is 0.792. The summed E-state index contributed by atoms with van der Waals surface area (Å²) in [6.45, 7) is 10.0. The zero-order valence-electron chi connectivity index (χ0n) is 11.9. The van der Waals surface area contributed by atoms with Crippen molar-refractivity contribution in [2.75, 3.05) is 20.1 Å². The minimum atomic E-state index is 0.508. The van der Waals surface area contributed by atoms with Gasteiger partial charge in [-0.15, -0.1) is 0 Å². The molecule has 1 N–H and O–H groups in total. The predicted molar refractivity (Wildman–Crippen MR) is 72.1 cm³/mol. The zero-order valence-corrected chi connectivity index (χ0v) is 11.9. The molecule has 1 saturated heterocycles. The fourth-order valence-electron chi connectivity index (χ4n) is 5.02. The third-order valence-electron chi connectivity index (χ3n) is 6.06. The zero-order chi connectivity index (χ0) is 12.3. The van der Waals surface area contributed by atoms with E-state index >= 15 is 0 Å². The first-order valence-electron chi connectivity index (χ1n) is 7.36. The van der Waals surface area contributed by atoms with E-state index in [1.807, 2.05) is 0 Å². The van der Waals surface area contributed by atoms with Crippen molar-refractivity contribution in [1.29, 1.82) is 0 Å². The second-order valence-electron chi connectivity index (χ2n) is 7.76. The van der Waals surface area contributed by atoms with E-state index in [0.717, 1.165) is 18.0 Å². The maximum Gasteiger partial charge on any atom is 0.0210 e. The Bertz CT molecular complexity index is 307. The summed E-state index contributed by atoms with van der Waals surface area (Å²) in [6.07, 6.45) is 5.71. The first-order valence-corrected chi connectivity index (χ1v) is 7.36. The predicted octanol–water partition coefficient (Wildman–Crippen LogP) is 2.49. The summed E-state index contributed by atoms with van der Waals surface area (Å²) in [5.41, 5.74) is 1.09. The first kappa shape index (κ1) is 12.0. The van der Waals surface area contributed by atoms with Gasteiger partial charge in [0, 0.05) is 18.6 Å². The van der Waals surface area contributed by atoms with Crippen LogP contribution in [0.3, 0.4) is 0 Å². The number of hydrogen-bond donors (Lipinski definition) is 1. The number of hydrogen-bond acceptors (Lipinski definition) is 2. The number of likely N-dealkylation sites (N-methyl/N-ethyl adjacent to an activating group) is 1. The Morgan fingerprint density at radius 3 is 2.47 bits per heavy atom. The second-order valence-corrected chi connectivity index (χ2v) is 7.76. The molecular weight excluding hydrogens is 208 g/mol. The molecule has 2 unspecified atom stereocenters. The van der Waals surface area contributed by atoms with Gasteiger partial charge in [-0.1, -0.05) is 20.8 Å². The minimum absolute atomic E-state index is 0.508. The average Bonchev–Trinajstić information content (AvgIpc) is 2.85. The van der Waals surface area contributed by atoms with Crippen LogP contribution in [0, 0.1) is 16.7 Å². The van der Waals surface area contributed by atoms with Gasteiger partial charge in [0.05, 0.1) is 0 Å². The summed E-state index contributed by atoms with van der Waals surface area (Å²) in [6, 6.07) is 1.48. The van der Waals surface area contributed by atoms with Gasteiger partial charge < -0.3 is 10.2 Å². The third kappa shape index (κ3) is 1.76. The molecule has 2 nitrogen and oxygen atoms in total. The van der Waals surface area contributed by atoms with Crippen LogP contribution in [-0.4, -0.2) is 37.1 Å². The standard InChI is InChI=1S/C15H28N2/c1-14(2)11-5-7-15(3,9-11)13(14)16-12-6-8-17(4)10-12/h11-13,16H,5-10H2,1-4H3/t11-,12?,13?,15+/m0/s1. The Kier molecular flexibility index (Phi) is 2.61. The summed E-state index contributed by atoms with van der Waals surface area (Å²) in [4.78, 5) is 2.46. The fraction of sp³-hybridized carbons (Fsp3) is 1.00. The summed E-state index contributed by atoms with van der Waals surface area (Å²) in [5.74, 6) is 0.962. The highest BCUT2D eigenvalue weighted by Crippen LogP contribution is 2.62. The van der Waals surface area contributed by atoms with Gasteiger partial charge in [0.2, 0.25) is 0 Å². The number of fused-ring (bicyclic) bond motifs is 2. The highest BCUT2D eigenvalue weighted by molar-refractivity contribution is 5.12. The van der Waals surface area contributed by atoms with Crippen LogP contribution in [0.25, 0.3) is 0 Å². The Balaban J connectivity index is 1.74. The van der Waals surface area contributed by atoms with Crippen molar-refractivity contribution in [2.45, 2.75) is 58.5 Å². The van der Waals surface area contributed by atoms with Gasteiger partial charge >= 0.3 is 0 Å². The molecule has 2 bridgehead atoms. The monoisotopic (exact) mass is 236 g/mol. The highest BCUT2D eigenvalue weighted by Gasteiger charge is 2.59. The lowest BCUT2D eigenvalue weighted by Gasteiger charge is -2.44. The maximum absolute atomic E-state index is 4.03. The second kappa shape index (κ2) is 3.71. The molecule has 2 heteroatoms. The number of nitrogens with one attached hydrogen (secondary N) is 1. The third-order valence-corrected chi connectivity index (χ3v) is 6.06. The van der Waals surface area contributed by atoms with Crippen LogP contribution in [0.4, 0.5) is 0 Å². The molecule has 3 rings (SSSR count). The van der Waals surface area contributed by atoms with E-state index in [0.29, 0.717) is 10.8 Å². The molecule has 3 aliphatic rings. The Morgan fingerprint density at radius 1 is 1.18 bits per heavy atom. The SMILES string of the molecule is CN1CCC(NC2C(C)(C)[C@H]3CC[C@]2(C)C3)C1. The molecule has 0 spiro atoms. The smallest absolute Gasteiger partial charge is 0.0210 e. The van der Waals surface area contributed by atoms with Gasteiger partial charge in [0.15, 0.2) is 0 Å². The van der Waals surface area contributed by atoms with Crippen molar-refractivity contribution in [1.82, 2.24) is 10.2 Å². The van der Waals surface area contributed by atoms with E-state index in [4.69, 9.17) is 0 Å². The summed E-state index contributed by atoms with van der Waals surface area (Å²) < 4.78 is 0. The summed E-state index contributed by atoms with van der Waals surface area (Å²) >= 11 is 0. The fourth-order valence-corrected chi connectivity index (χ4v) is 5.02. The van der Waals surface area contributed by atoms with E-state index in [-0.39, 0.29) is 0 Å². The lowest BCUT2D eigenvalue weighted by atomic mass is 9.68. The molecule has 2 aliphatic carbocycles. The normalized spacial score (nSPS) is 49.1. The molecule has 0 radical (unpaired) electrons. The van der Waals surface area contributed by atoms with Crippen LogP contribution in [0.2, 0.25) is 0 Å². The van der Waals surface area contributed by atoms with Crippen LogP contribution in [-0.2, 0) is 0 Å². The first-order chi connectivity index (χ1) is 7.92. The topological polar surface area (TPSA) is 15.3 Å². The molecule has 1 heterocycles. The van der Waals surface area contributed by atoms with E-state index in [1.165, 1.54) is 38.8 Å². The largest absolute Gasteiger partial charge is 0.309 e. The number of likely N-dealkylation sites (tertiary alicyclic amines) is 1. The average molecular weight is 236 g/mol. The molecule has 4 atom stereocenters. The highest BCUT2D eigenvalue weighted by atomic mass is 15.2. The van der Waals surface area contributed by atoms with Crippen LogP contribution >= 0.6 is 0 Å². The Hall–Kier alpha value is -0.0800. The molecular formula is C15H28N2. The lowest BCUT2D eigenvalue weighted by molar-refractivity contribution is 0.0992. The molecule has 17 heavy (non-hydrogen) atoms. The van der Waals surface area contributed by atoms with Gasteiger partial charge in [0.1, 0.15) is 0 Å². The van der Waals surface area contributed by atoms with Gasteiger partial charge in [-0.3, -0.25) is 0 Å². The minimum Gasteiger partial charge on any atom is -0.309 e. The van der Waals surface area contributed by atoms with Crippen molar-refractivity contribution in [2.24, 2.45) is 16.7 Å². The Morgan fingerprint density at radius 2 is 1.94 bits per heavy atom. The molecule has 98 valence electrons. The maximum atomic E-state index is 4.03. The van der Waals surface area contributed by atoms with Crippen molar-refractivity contribution in [3.05, 3.63) is 0 Å². The molecule has 1 aliphatic heterocycles. The van der Waals surface area contributed by atoms with Crippen LogP contribution in [0.1, 0.15) is 46.5 Å². The molecule has 0 aromatic heterocycles. The van der Waals surface area contributed by atoms with E-state index in [2.05, 4.69) is 38.0 Å². The summed E-state index contributed by atoms with van der Waals surface area (Å²) in [7, 11) is 2.25. The Labute approximate surface area is 106 Å². The van der Waals surface area contributed by atoms with Crippen molar-refractivity contribution in [3.63, 3.8) is 0 Å². The van der Waals surface area contributed by atoms with Gasteiger partial charge in [0.25, 0.3) is 0 Å². The van der Waals surface area contributed by atoms with Crippen molar-refractivity contribution < 1.29 is 0 Å².